The standard InChI is InChI=1S/C14H31N3O/c1-12(2)15-13(11-18)7-9-16(3)10-14-6-5-8-17(14)4/h12-15,18H,5-11H2,1-4H3. The smallest absolute Gasteiger partial charge is 0.0585 e. The van der Waals surface area contributed by atoms with E-state index in [-0.39, 0.29) is 12.6 Å². The Hall–Kier alpha value is -0.160. The first-order valence-electron chi connectivity index (χ1n) is 7.28. The van der Waals surface area contributed by atoms with Crippen molar-refractivity contribution in [1.29, 1.82) is 0 Å². The summed E-state index contributed by atoms with van der Waals surface area (Å²) in [6.45, 7) is 7.92. The van der Waals surface area contributed by atoms with Crippen molar-refractivity contribution in [1.82, 2.24) is 15.1 Å². The van der Waals surface area contributed by atoms with Crippen LogP contribution in [0.15, 0.2) is 0 Å². The molecule has 2 unspecified atom stereocenters. The van der Waals surface area contributed by atoms with Gasteiger partial charge in [0.2, 0.25) is 0 Å². The highest BCUT2D eigenvalue weighted by Gasteiger charge is 2.22. The van der Waals surface area contributed by atoms with E-state index in [2.05, 4.69) is 43.1 Å². The second kappa shape index (κ2) is 8.10. The Morgan fingerprint density at radius 3 is 2.67 bits per heavy atom. The molecule has 4 nitrogen and oxygen atoms in total. The van der Waals surface area contributed by atoms with E-state index in [1.165, 1.54) is 19.4 Å². The third-order valence-electron chi connectivity index (χ3n) is 3.84. The molecule has 0 aromatic heterocycles. The zero-order valence-corrected chi connectivity index (χ0v) is 12.5. The Morgan fingerprint density at radius 2 is 2.17 bits per heavy atom. The highest BCUT2D eigenvalue weighted by Crippen LogP contribution is 2.15. The van der Waals surface area contributed by atoms with Crippen molar-refractivity contribution in [2.24, 2.45) is 0 Å². The molecule has 1 heterocycles. The van der Waals surface area contributed by atoms with Crippen molar-refractivity contribution in [3.8, 4) is 0 Å². The normalized spacial score (nSPS) is 23.2. The van der Waals surface area contributed by atoms with Gasteiger partial charge in [-0.1, -0.05) is 13.8 Å². The van der Waals surface area contributed by atoms with E-state index in [1.807, 2.05) is 0 Å². The van der Waals surface area contributed by atoms with Gasteiger partial charge in [-0.05, 0) is 46.4 Å². The van der Waals surface area contributed by atoms with Crippen LogP contribution in [0.25, 0.3) is 0 Å². The van der Waals surface area contributed by atoms with Gasteiger partial charge in [0, 0.05) is 24.7 Å². The van der Waals surface area contributed by atoms with Crippen LogP contribution in [0.2, 0.25) is 0 Å². The van der Waals surface area contributed by atoms with Crippen LogP contribution >= 0.6 is 0 Å². The molecule has 0 amide bonds. The summed E-state index contributed by atoms with van der Waals surface area (Å²) in [4.78, 5) is 4.86. The van der Waals surface area contributed by atoms with Crippen LogP contribution in [0.1, 0.15) is 33.1 Å². The quantitative estimate of drug-likeness (QED) is 0.673. The largest absolute Gasteiger partial charge is 0.395 e. The number of likely N-dealkylation sites (tertiary alicyclic amines) is 1. The Balaban J connectivity index is 2.20. The van der Waals surface area contributed by atoms with Crippen molar-refractivity contribution in [2.45, 2.75) is 51.2 Å². The van der Waals surface area contributed by atoms with Gasteiger partial charge < -0.3 is 20.2 Å². The van der Waals surface area contributed by atoms with Crippen LogP contribution in [0, 0.1) is 0 Å². The predicted octanol–water partition coefficient (Wildman–Crippen LogP) is 0.761. The number of nitrogens with zero attached hydrogens (tertiary/aromatic N) is 2. The lowest BCUT2D eigenvalue weighted by atomic mass is 10.1. The second-order valence-corrected chi connectivity index (χ2v) is 6.03. The first-order chi connectivity index (χ1) is 8.52. The zero-order valence-electron chi connectivity index (χ0n) is 12.5. The van der Waals surface area contributed by atoms with Crippen molar-refractivity contribution in [3.05, 3.63) is 0 Å². The summed E-state index contributed by atoms with van der Waals surface area (Å²) < 4.78 is 0. The van der Waals surface area contributed by atoms with Crippen LogP contribution in [-0.4, -0.2) is 73.4 Å². The first-order valence-corrected chi connectivity index (χ1v) is 7.28. The van der Waals surface area contributed by atoms with Crippen molar-refractivity contribution in [3.63, 3.8) is 0 Å². The van der Waals surface area contributed by atoms with Gasteiger partial charge in [0.15, 0.2) is 0 Å². The molecule has 108 valence electrons. The molecule has 0 aromatic rings. The fourth-order valence-corrected chi connectivity index (χ4v) is 2.74. The van der Waals surface area contributed by atoms with E-state index < -0.39 is 0 Å². The number of nitrogens with one attached hydrogen (secondary N) is 1. The summed E-state index contributed by atoms with van der Waals surface area (Å²) >= 11 is 0. The van der Waals surface area contributed by atoms with Gasteiger partial charge >= 0.3 is 0 Å². The van der Waals surface area contributed by atoms with Gasteiger partial charge in [0.1, 0.15) is 0 Å². The number of hydrogen-bond donors (Lipinski definition) is 2. The van der Waals surface area contributed by atoms with E-state index in [4.69, 9.17) is 0 Å². The molecule has 1 saturated heterocycles. The average Bonchev–Trinajstić information content (AvgIpc) is 2.70. The summed E-state index contributed by atoms with van der Waals surface area (Å²) in [6.07, 6.45) is 3.68. The number of rotatable bonds is 8. The molecular weight excluding hydrogens is 226 g/mol. The molecule has 0 bridgehead atoms. The van der Waals surface area contributed by atoms with E-state index in [9.17, 15) is 5.11 Å². The molecule has 0 aromatic carbocycles. The lowest BCUT2D eigenvalue weighted by molar-refractivity contribution is 0.189. The predicted molar refractivity (Wildman–Crippen MR) is 76.9 cm³/mol. The van der Waals surface area contributed by atoms with E-state index >= 15 is 0 Å². The SMILES string of the molecule is CC(C)NC(CO)CCN(C)CC1CCCN1C. The molecule has 4 heteroatoms. The Kier molecular flexibility index (Phi) is 7.15. The van der Waals surface area contributed by atoms with Gasteiger partial charge in [-0.25, -0.2) is 0 Å². The molecule has 0 radical (unpaired) electrons. The van der Waals surface area contributed by atoms with Gasteiger partial charge in [0.25, 0.3) is 0 Å². The molecule has 0 saturated carbocycles. The second-order valence-electron chi connectivity index (χ2n) is 6.03. The molecule has 2 N–H and O–H groups in total. The number of likely N-dealkylation sites (N-methyl/N-ethyl adjacent to an activating group) is 2. The molecule has 18 heavy (non-hydrogen) atoms. The van der Waals surface area contributed by atoms with Gasteiger partial charge in [-0.15, -0.1) is 0 Å². The molecule has 0 spiro atoms. The summed E-state index contributed by atoms with van der Waals surface area (Å²) in [5.74, 6) is 0. The Bertz CT molecular complexity index is 223. The summed E-state index contributed by atoms with van der Waals surface area (Å²) in [7, 11) is 4.42. The zero-order chi connectivity index (χ0) is 13.5. The molecule has 1 aliphatic heterocycles. The third-order valence-corrected chi connectivity index (χ3v) is 3.84. The maximum Gasteiger partial charge on any atom is 0.0585 e. The molecule has 2 atom stereocenters. The van der Waals surface area contributed by atoms with E-state index in [0.717, 1.165) is 25.6 Å². The average molecular weight is 257 g/mol. The molecule has 0 aliphatic carbocycles. The fourth-order valence-electron chi connectivity index (χ4n) is 2.74. The highest BCUT2D eigenvalue weighted by atomic mass is 16.3. The third kappa shape index (κ3) is 5.65. The molecular formula is C14H31N3O. The van der Waals surface area contributed by atoms with Crippen molar-refractivity contribution >= 4 is 0 Å². The maximum atomic E-state index is 9.32. The lowest BCUT2D eigenvalue weighted by Crippen LogP contribution is -2.42. The van der Waals surface area contributed by atoms with Crippen LogP contribution in [0.3, 0.4) is 0 Å². The van der Waals surface area contributed by atoms with Crippen LogP contribution in [0.5, 0.6) is 0 Å². The highest BCUT2D eigenvalue weighted by molar-refractivity contribution is 4.79. The summed E-state index contributed by atoms with van der Waals surface area (Å²) in [5.41, 5.74) is 0. The van der Waals surface area contributed by atoms with Crippen LogP contribution in [-0.2, 0) is 0 Å². The van der Waals surface area contributed by atoms with Crippen molar-refractivity contribution < 1.29 is 5.11 Å². The van der Waals surface area contributed by atoms with Gasteiger partial charge in [-0.3, -0.25) is 0 Å². The van der Waals surface area contributed by atoms with Crippen LogP contribution in [0.4, 0.5) is 0 Å². The Labute approximate surface area is 112 Å². The Morgan fingerprint density at radius 1 is 1.44 bits per heavy atom. The van der Waals surface area contributed by atoms with Crippen LogP contribution < -0.4 is 5.32 Å². The number of aliphatic hydroxyl groups excluding tert-OH is 1. The minimum Gasteiger partial charge on any atom is -0.395 e. The number of hydrogen-bond acceptors (Lipinski definition) is 4. The minimum absolute atomic E-state index is 0.230. The van der Waals surface area contributed by atoms with E-state index in [1.54, 1.807) is 0 Å². The summed E-state index contributed by atoms with van der Waals surface area (Å²) in [5, 5.41) is 12.7. The molecule has 1 aliphatic rings. The van der Waals surface area contributed by atoms with E-state index in [0.29, 0.717) is 6.04 Å². The molecule has 1 fully saturated rings. The monoisotopic (exact) mass is 257 g/mol. The summed E-state index contributed by atoms with van der Waals surface area (Å²) in [6, 6.07) is 1.39. The fraction of sp³-hybridized carbons (Fsp3) is 1.00. The van der Waals surface area contributed by atoms with Crippen molar-refractivity contribution in [2.75, 3.05) is 40.3 Å². The van der Waals surface area contributed by atoms with Gasteiger partial charge in [-0.2, -0.15) is 0 Å². The van der Waals surface area contributed by atoms with Gasteiger partial charge in [0.05, 0.1) is 6.61 Å². The number of aliphatic hydroxyl groups is 1. The lowest BCUT2D eigenvalue weighted by Gasteiger charge is -2.27. The maximum absolute atomic E-state index is 9.32. The minimum atomic E-state index is 0.230. The first kappa shape index (κ1) is 15.9. The topological polar surface area (TPSA) is 38.7 Å². The molecule has 1 rings (SSSR count).